The van der Waals surface area contributed by atoms with Gasteiger partial charge in [-0.25, -0.2) is 0 Å². The van der Waals surface area contributed by atoms with Gasteiger partial charge in [0.2, 0.25) is 0 Å². The Morgan fingerprint density at radius 2 is 2.15 bits per heavy atom. The van der Waals surface area contributed by atoms with Crippen molar-refractivity contribution in [2.75, 3.05) is 17.6 Å². The molecule has 3 N–H and O–H groups in total. The maximum atomic E-state index is 5.94. The Balaban J connectivity index is 2.14. The fourth-order valence-electron chi connectivity index (χ4n) is 2.71. The lowest BCUT2D eigenvalue weighted by Crippen LogP contribution is -2.19. The van der Waals surface area contributed by atoms with Crippen molar-refractivity contribution in [2.24, 2.45) is 11.1 Å². The van der Waals surface area contributed by atoms with Crippen LogP contribution in [0.15, 0.2) is 23.1 Å². The summed E-state index contributed by atoms with van der Waals surface area (Å²) < 4.78 is 0. The Labute approximate surface area is 131 Å². The summed E-state index contributed by atoms with van der Waals surface area (Å²) in [5.41, 5.74) is 8.57. The second kappa shape index (κ2) is 6.81. The third kappa shape index (κ3) is 3.67. The van der Waals surface area contributed by atoms with E-state index in [-0.39, 0.29) is 0 Å². The zero-order chi connectivity index (χ0) is 14.6. The zero-order valence-corrected chi connectivity index (χ0v) is 14.0. The summed E-state index contributed by atoms with van der Waals surface area (Å²) in [5, 5.41) is 3.60. The highest BCUT2D eigenvalue weighted by Gasteiger charge is 2.41. The first-order valence-electron chi connectivity index (χ1n) is 7.41. The molecule has 0 heterocycles. The van der Waals surface area contributed by atoms with E-state index in [0.717, 1.165) is 23.5 Å². The van der Waals surface area contributed by atoms with Crippen LogP contribution in [-0.2, 0) is 0 Å². The van der Waals surface area contributed by atoms with Crippen molar-refractivity contribution < 1.29 is 0 Å². The van der Waals surface area contributed by atoms with Gasteiger partial charge in [-0.1, -0.05) is 38.6 Å². The molecule has 1 aromatic carbocycles. The average molecular weight is 309 g/mol. The van der Waals surface area contributed by atoms with Gasteiger partial charge in [0.1, 0.15) is 4.99 Å². The molecule has 1 aliphatic carbocycles. The van der Waals surface area contributed by atoms with Crippen LogP contribution < -0.4 is 11.1 Å². The second-order valence-electron chi connectivity index (χ2n) is 5.58. The number of anilines is 1. The number of hydrogen-bond acceptors (Lipinski definition) is 3. The fraction of sp³-hybridized carbons (Fsp3) is 0.562. The summed E-state index contributed by atoms with van der Waals surface area (Å²) in [7, 11) is 0. The van der Waals surface area contributed by atoms with Crippen LogP contribution in [0.1, 0.15) is 45.1 Å². The summed E-state index contributed by atoms with van der Waals surface area (Å²) in [6.07, 6.45) is 5.26. The minimum Gasteiger partial charge on any atom is -0.389 e. The summed E-state index contributed by atoms with van der Waals surface area (Å²) in [6, 6.07) is 6.28. The standard InChI is InChI=1S/C16H24N2S2/c1-3-8-16(9-10-16)11-18-12-6-5-7-13(20-4-2)14(12)15(17)19/h5-7,18H,3-4,8-11H2,1-2H3,(H2,17,19). The number of nitrogens with one attached hydrogen (secondary N) is 1. The van der Waals surface area contributed by atoms with Gasteiger partial charge in [0.05, 0.1) is 0 Å². The van der Waals surface area contributed by atoms with Gasteiger partial charge in [0, 0.05) is 22.7 Å². The van der Waals surface area contributed by atoms with Crippen molar-refractivity contribution in [3.63, 3.8) is 0 Å². The van der Waals surface area contributed by atoms with E-state index < -0.39 is 0 Å². The van der Waals surface area contributed by atoms with E-state index in [0.29, 0.717) is 10.4 Å². The topological polar surface area (TPSA) is 38.0 Å². The third-order valence-electron chi connectivity index (χ3n) is 3.96. The molecule has 0 aliphatic heterocycles. The van der Waals surface area contributed by atoms with Crippen LogP contribution in [0.4, 0.5) is 5.69 Å². The lowest BCUT2D eigenvalue weighted by atomic mass is 10.0. The molecular weight excluding hydrogens is 284 g/mol. The molecule has 1 saturated carbocycles. The summed E-state index contributed by atoms with van der Waals surface area (Å²) in [4.78, 5) is 1.68. The van der Waals surface area contributed by atoms with Gasteiger partial charge in [0.25, 0.3) is 0 Å². The molecule has 1 fully saturated rings. The molecule has 0 saturated heterocycles. The first-order valence-corrected chi connectivity index (χ1v) is 8.81. The van der Waals surface area contributed by atoms with Crippen LogP contribution in [0.2, 0.25) is 0 Å². The van der Waals surface area contributed by atoms with Crippen molar-refractivity contribution in [3.05, 3.63) is 23.8 Å². The van der Waals surface area contributed by atoms with E-state index in [1.807, 2.05) is 0 Å². The van der Waals surface area contributed by atoms with Crippen LogP contribution in [0.5, 0.6) is 0 Å². The van der Waals surface area contributed by atoms with E-state index in [9.17, 15) is 0 Å². The molecule has 0 unspecified atom stereocenters. The van der Waals surface area contributed by atoms with Crippen LogP contribution in [-0.4, -0.2) is 17.3 Å². The maximum Gasteiger partial charge on any atom is 0.107 e. The zero-order valence-electron chi connectivity index (χ0n) is 12.4. The fourth-order valence-corrected chi connectivity index (χ4v) is 3.85. The van der Waals surface area contributed by atoms with E-state index in [2.05, 4.69) is 37.4 Å². The minimum absolute atomic E-state index is 0.490. The first kappa shape index (κ1) is 15.6. The van der Waals surface area contributed by atoms with Gasteiger partial charge >= 0.3 is 0 Å². The Bertz CT molecular complexity index is 481. The third-order valence-corrected chi connectivity index (χ3v) is 5.11. The molecule has 0 radical (unpaired) electrons. The van der Waals surface area contributed by atoms with E-state index in [4.69, 9.17) is 18.0 Å². The Morgan fingerprint density at radius 3 is 2.70 bits per heavy atom. The molecular formula is C16H24N2S2. The number of rotatable bonds is 8. The van der Waals surface area contributed by atoms with Crippen molar-refractivity contribution in [1.29, 1.82) is 0 Å². The second-order valence-corrected chi connectivity index (χ2v) is 7.33. The highest BCUT2D eigenvalue weighted by molar-refractivity contribution is 7.99. The van der Waals surface area contributed by atoms with Gasteiger partial charge in [0.15, 0.2) is 0 Å². The highest BCUT2D eigenvalue weighted by atomic mass is 32.2. The molecule has 0 spiro atoms. The van der Waals surface area contributed by atoms with Crippen LogP contribution in [0.25, 0.3) is 0 Å². The SMILES string of the molecule is CCCC1(CNc2cccc(SCC)c2C(N)=S)CC1. The van der Waals surface area contributed by atoms with Gasteiger partial charge < -0.3 is 11.1 Å². The van der Waals surface area contributed by atoms with Crippen molar-refractivity contribution >= 4 is 34.7 Å². The lowest BCUT2D eigenvalue weighted by Gasteiger charge is -2.19. The maximum absolute atomic E-state index is 5.94. The minimum atomic E-state index is 0.490. The number of thiocarbonyl (C=S) groups is 1. The number of nitrogens with two attached hydrogens (primary N) is 1. The Hall–Kier alpha value is -0.740. The molecule has 2 nitrogen and oxygen atoms in total. The molecule has 20 heavy (non-hydrogen) atoms. The van der Waals surface area contributed by atoms with Crippen LogP contribution in [0, 0.1) is 5.41 Å². The Kier molecular flexibility index (Phi) is 5.33. The molecule has 0 bridgehead atoms. The van der Waals surface area contributed by atoms with Gasteiger partial charge in [-0.15, -0.1) is 11.8 Å². The number of thioether (sulfide) groups is 1. The quantitative estimate of drug-likeness (QED) is 0.550. The summed E-state index contributed by atoms with van der Waals surface area (Å²) >= 11 is 7.05. The molecule has 1 aromatic rings. The first-order chi connectivity index (χ1) is 9.62. The molecule has 0 aromatic heterocycles. The molecule has 0 amide bonds. The van der Waals surface area contributed by atoms with Gasteiger partial charge in [-0.05, 0) is 42.6 Å². The lowest BCUT2D eigenvalue weighted by molar-refractivity contribution is 0.485. The molecule has 0 atom stereocenters. The largest absolute Gasteiger partial charge is 0.389 e. The molecule has 110 valence electrons. The van der Waals surface area contributed by atoms with E-state index in [1.165, 1.54) is 30.6 Å². The molecule has 1 aliphatic rings. The Morgan fingerprint density at radius 1 is 1.40 bits per heavy atom. The van der Waals surface area contributed by atoms with Crippen molar-refractivity contribution in [1.82, 2.24) is 0 Å². The molecule has 4 heteroatoms. The van der Waals surface area contributed by atoms with Crippen molar-refractivity contribution in [3.8, 4) is 0 Å². The predicted molar refractivity (Wildman–Crippen MR) is 93.8 cm³/mol. The van der Waals surface area contributed by atoms with Crippen molar-refractivity contribution in [2.45, 2.75) is 44.4 Å². The summed E-state index contributed by atoms with van der Waals surface area (Å²) in [5.74, 6) is 1.03. The molecule has 2 rings (SSSR count). The van der Waals surface area contributed by atoms with E-state index >= 15 is 0 Å². The van der Waals surface area contributed by atoms with E-state index in [1.54, 1.807) is 11.8 Å². The van der Waals surface area contributed by atoms with Gasteiger partial charge in [-0.3, -0.25) is 0 Å². The number of benzene rings is 1. The smallest absolute Gasteiger partial charge is 0.107 e. The monoisotopic (exact) mass is 308 g/mol. The normalized spacial score (nSPS) is 15.9. The summed E-state index contributed by atoms with van der Waals surface area (Å²) in [6.45, 7) is 5.45. The average Bonchev–Trinajstić information content (AvgIpc) is 3.17. The predicted octanol–water partition coefficient (Wildman–Crippen LogP) is 4.43. The number of hydrogen-bond donors (Lipinski definition) is 2. The van der Waals surface area contributed by atoms with Crippen LogP contribution in [0.3, 0.4) is 0 Å². The van der Waals surface area contributed by atoms with Gasteiger partial charge in [-0.2, -0.15) is 0 Å². The highest BCUT2D eigenvalue weighted by Crippen LogP contribution is 2.49. The van der Waals surface area contributed by atoms with Crippen LogP contribution >= 0.6 is 24.0 Å².